The van der Waals surface area contributed by atoms with E-state index in [0.717, 1.165) is 35.9 Å². The van der Waals surface area contributed by atoms with Gasteiger partial charge in [0.2, 0.25) is 0 Å². The summed E-state index contributed by atoms with van der Waals surface area (Å²) in [6, 6.07) is 0. The van der Waals surface area contributed by atoms with E-state index in [-0.39, 0.29) is 5.54 Å². The van der Waals surface area contributed by atoms with E-state index >= 15 is 0 Å². The molecule has 2 N–H and O–H groups in total. The Morgan fingerprint density at radius 1 is 1.19 bits per heavy atom. The number of amides is 2. The minimum Gasteiger partial charge on any atom is -0.379 e. The van der Waals surface area contributed by atoms with Gasteiger partial charge in [0, 0.05) is 43.2 Å². The minimum absolute atomic E-state index is 0.273. The Morgan fingerprint density at radius 3 is 2.62 bits per heavy atom. The van der Waals surface area contributed by atoms with Crippen molar-refractivity contribution in [3.05, 3.63) is 11.3 Å². The lowest BCUT2D eigenvalue weighted by Crippen LogP contribution is -2.43. The van der Waals surface area contributed by atoms with Crippen LogP contribution >= 0.6 is 11.8 Å². The highest BCUT2D eigenvalue weighted by Gasteiger charge is 2.29. The van der Waals surface area contributed by atoms with Gasteiger partial charge in [-0.05, 0) is 20.8 Å². The van der Waals surface area contributed by atoms with Gasteiger partial charge in [0.25, 0.3) is 0 Å². The highest BCUT2D eigenvalue weighted by Crippen LogP contribution is 2.37. The van der Waals surface area contributed by atoms with Crippen LogP contribution in [0.2, 0.25) is 0 Å². The van der Waals surface area contributed by atoms with Gasteiger partial charge in [0.05, 0.1) is 24.4 Å². The summed E-state index contributed by atoms with van der Waals surface area (Å²) in [6.45, 7) is 10.4. The zero-order valence-corrected chi connectivity index (χ0v) is 16.4. The first-order valence-corrected chi connectivity index (χ1v) is 10.1. The number of carbonyl (C=O) groups excluding carboxylic acids is 2. The van der Waals surface area contributed by atoms with E-state index in [2.05, 4.69) is 20.6 Å². The minimum atomic E-state index is -0.642. The van der Waals surface area contributed by atoms with E-state index in [9.17, 15) is 9.59 Å². The fourth-order valence-corrected chi connectivity index (χ4v) is 4.06. The third-order valence-electron chi connectivity index (χ3n) is 4.44. The van der Waals surface area contributed by atoms with Gasteiger partial charge in [-0.3, -0.25) is 14.5 Å². The lowest BCUT2D eigenvalue weighted by Gasteiger charge is -2.26. The Kier molecular flexibility index (Phi) is 5.89. The number of aromatic nitrogens is 2. The van der Waals surface area contributed by atoms with Gasteiger partial charge in [-0.25, -0.2) is 4.68 Å². The van der Waals surface area contributed by atoms with Crippen molar-refractivity contribution in [3.63, 3.8) is 0 Å². The number of anilines is 1. The molecule has 0 radical (unpaired) electrons. The van der Waals surface area contributed by atoms with Crippen molar-refractivity contribution in [1.29, 1.82) is 0 Å². The molecular weight excluding hydrogens is 354 g/mol. The molecule has 2 aliphatic rings. The SMILES string of the molecule is CC(C)(C)n1nc2c(c1NC(=O)C(=O)NCCN1CCOCC1)CSC2. The third kappa shape index (κ3) is 4.39. The van der Waals surface area contributed by atoms with Crippen molar-refractivity contribution in [3.8, 4) is 0 Å². The first-order chi connectivity index (χ1) is 12.4. The van der Waals surface area contributed by atoms with Crippen LogP contribution in [0.4, 0.5) is 5.82 Å². The number of hydrogen-bond acceptors (Lipinski definition) is 6. The second-order valence-corrected chi connectivity index (χ2v) is 8.50. The average Bonchev–Trinajstić information content (AvgIpc) is 3.18. The Balaban J connectivity index is 1.58. The second kappa shape index (κ2) is 7.98. The molecule has 0 saturated carbocycles. The number of thioether (sulfide) groups is 1. The quantitative estimate of drug-likeness (QED) is 0.749. The van der Waals surface area contributed by atoms with Crippen LogP contribution in [-0.2, 0) is 31.4 Å². The molecule has 1 saturated heterocycles. The van der Waals surface area contributed by atoms with Gasteiger partial charge in [0.15, 0.2) is 0 Å². The van der Waals surface area contributed by atoms with Crippen LogP contribution in [0, 0.1) is 0 Å². The first-order valence-electron chi connectivity index (χ1n) is 8.94. The summed E-state index contributed by atoms with van der Waals surface area (Å²) < 4.78 is 7.11. The molecule has 3 heterocycles. The standard InChI is InChI=1S/C17H27N5O3S/c1-17(2,3)22-14(12-10-26-11-13(12)20-22)19-16(24)15(23)18-4-5-21-6-8-25-9-7-21/h4-11H2,1-3H3,(H,18,23)(H,19,24). The van der Waals surface area contributed by atoms with Gasteiger partial charge in [0.1, 0.15) is 5.82 Å². The van der Waals surface area contributed by atoms with E-state index in [1.165, 1.54) is 0 Å². The smallest absolute Gasteiger partial charge is 0.314 e. The number of rotatable bonds is 4. The fraction of sp³-hybridized carbons (Fsp3) is 0.706. The van der Waals surface area contributed by atoms with Crippen molar-refractivity contribution in [2.24, 2.45) is 0 Å². The molecule has 26 heavy (non-hydrogen) atoms. The summed E-state index contributed by atoms with van der Waals surface area (Å²) in [6.07, 6.45) is 0. The van der Waals surface area contributed by atoms with Gasteiger partial charge in [-0.2, -0.15) is 16.9 Å². The molecule has 144 valence electrons. The largest absolute Gasteiger partial charge is 0.379 e. The maximum Gasteiger partial charge on any atom is 0.314 e. The molecule has 1 aromatic heterocycles. The van der Waals surface area contributed by atoms with Crippen LogP contribution in [0.3, 0.4) is 0 Å². The average molecular weight is 382 g/mol. The zero-order chi connectivity index (χ0) is 18.7. The van der Waals surface area contributed by atoms with E-state index in [4.69, 9.17) is 4.74 Å². The van der Waals surface area contributed by atoms with E-state index in [0.29, 0.717) is 32.1 Å². The monoisotopic (exact) mass is 381 g/mol. The van der Waals surface area contributed by atoms with Gasteiger partial charge in [-0.1, -0.05) is 0 Å². The predicted molar refractivity (Wildman–Crippen MR) is 101 cm³/mol. The molecule has 1 aromatic rings. The molecular formula is C17H27N5O3S. The van der Waals surface area contributed by atoms with E-state index in [1.807, 2.05) is 25.5 Å². The maximum absolute atomic E-state index is 12.4. The van der Waals surface area contributed by atoms with Gasteiger partial charge in [-0.15, -0.1) is 0 Å². The Morgan fingerprint density at radius 2 is 1.92 bits per heavy atom. The second-order valence-electron chi connectivity index (χ2n) is 7.51. The number of nitrogens with one attached hydrogen (secondary N) is 2. The summed E-state index contributed by atoms with van der Waals surface area (Å²) in [4.78, 5) is 26.7. The Labute approximate surface area is 158 Å². The van der Waals surface area contributed by atoms with Crippen LogP contribution in [0.25, 0.3) is 0 Å². The number of fused-ring (bicyclic) bond motifs is 1. The van der Waals surface area contributed by atoms with E-state index < -0.39 is 11.8 Å². The van der Waals surface area contributed by atoms with Crippen LogP contribution in [0.15, 0.2) is 0 Å². The number of hydrogen-bond donors (Lipinski definition) is 2. The highest BCUT2D eigenvalue weighted by atomic mass is 32.2. The molecule has 2 amide bonds. The zero-order valence-electron chi connectivity index (χ0n) is 15.6. The van der Waals surface area contributed by atoms with Crippen LogP contribution in [0.5, 0.6) is 0 Å². The third-order valence-corrected chi connectivity index (χ3v) is 5.41. The first kappa shape index (κ1) is 19.2. The van der Waals surface area contributed by atoms with Crippen molar-refractivity contribution in [2.45, 2.75) is 37.8 Å². The van der Waals surface area contributed by atoms with Crippen molar-refractivity contribution in [2.75, 3.05) is 44.7 Å². The molecule has 1 fully saturated rings. The number of ether oxygens (including phenoxy) is 1. The number of carbonyl (C=O) groups is 2. The number of morpholine rings is 1. The van der Waals surface area contributed by atoms with Crippen molar-refractivity contribution < 1.29 is 14.3 Å². The van der Waals surface area contributed by atoms with Crippen molar-refractivity contribution >= 4 is 29.4 Å². The van der Waals surface area contributed by atoms with Gasteiger partial charge >= 0.3 is 11.8 Å². The van der Waals surface area contributed by atoms with E-state index in [1.54, 1.807) is 11.8 Å². The normalized spacial score (nSPS) is 17.8. The molecule has 8 nitrogen and oxygen atoms in total. The molecule has 0 unspecified atom stereocenters. The molecule has 0 bridgehead atoms. The van der Waals surface area contributed by atoms with Crippen LogP contribution < -0.4 is 10.6 Å². The van der Waals surface area contributed by atoms with Crippen LogP contribution in [-0.4, -0.2) is 65.9 Å². The van der Waals surface area contributed by atoms with Gasteiger partial charge < -0.3 is 15.4 Å². The predicted octanol–water partition coefficient (Wildman–Crippen LogP) is 0.772. The molecule has 2 aliphatic heterocycles. The number of nitrogens with zero attached hydrogens (tertiary/aromatic N) is 3. The topological polar surface area (TPSA) is 88.5 Å². The molecule has 0 aromatic carbocycles. The Bertz CT molecular complexity index is 677. The molecule has 0 atom stereocenters. The van der Waals surface area contributed by atoms with Crippen LogP contribution in [0.1, 0.15) is 32.0 Å². The summed E-state index contributed by atoms with van der Waals surface area (Å²) in [5, 5.41) is 10.1. The Hall–Kier alpha value is -1.58. The highest BCUT2D eigenvalue weighted by molar-refractivity contribution is 7.98. The lowest BCUT2D eigenvalue weighted by atomic mass is 10.1. The molecule has 9 heteroatoms. The summed E-state index contributed by atoms with van der Waals surface area (Å²) >= 11 is 1.76. The maximum atomic E-state index is 12.4. The summed E-state index contributed by atoms with van der Waals surface area (Å²) in [5.41, 5.74) is 1.75. The molecule has 0 spiro atoms. The molecule has 0 aliphatic carbocycles. The fourth-order valence-electron chi connectivity index (χ4n) is 3.02. The lowest BCUT2D eigenvalue weighted by molar-refractivity contribution is -0.136. The van der Waals surface area contributed by atoms with Crippen molar-refractivity contribution in [1.82, 2.24) is 20.0 Å². The summed E-state index contributed by atoms with van der Waals surface area (Å²) in [7, 11) is 0. The summed E-state index contributed by atoms with van der Waals surface area (Å²) in [5.74, 6) is 1.04. The molecule has 3 rings (SSSR count).